The van der Waals surface area contributed by atoms with Crippen LogP contribution >= 0.6 is 0 Å². The monoisotopic (exact) mass is 295 g/mol. The number of hydrogen-bond donors (Lipinski definition) is 1. The summed E-state index contributed by atoms with van der Waals surface area (Å²) in [7, 11) is 3.42. The van der Waals surface area contributed by atoms with Gasteiger partial charge >= 0.3 is 0 Å². The first-order valence-corrected chi connectivity index (χ1v) is 7.56. The minimum atomic E-state index is 0.204. The van der Waals surface area contributed by atoms with E-state index < -0.39 is 0 Å². The molecule has 0 fully saturated rings. The highest BCUT2D eigenvalue weighted by atomic mass is 16.5. The van der Waals surface area contributed by atoms with Crippen molar-refractivity contribution in [1.29, 1.82) is 0 Å². The maximum atomic E-state index is 6.01. The summed E-state index contributed by atoms with van der Waals surface area (Å²) in [4.78, 5) is 6.83. The van der Waals surface area contributed by atoms with Gasteiger partial charge < -0.3 is 20.1 Å². The zero-order valence-electron chi connectivity index (χ0n) is 13.8. The molecule has 2 N–H and O–H groups in total. The smallest absolute Gasteiger partial charge is 0.131 e. The van der Waals surface area contributed by atoms with Crippen LogP contribution in [-0.4, -0.2) is 51.5 Å². The molecule has 1 rings (SSSR count). The van der Waals surface area contributed by atoms with E-state index >= 15 is 0 Å². The fourth-order valence-electron chi connectivity index (χ4n) is 2.24. The van der Waals surface area contributed by atoms with Gasteiger partial charge in [-0.2, -0.15) is 0 Å². The first kappa shape index (κ1) is 17.9. The summed E-state index contributed by atoms with van der Waals surface area (Å²) in [5.41, 5.74) is 8.38. The van der Waals surface area contributed by atoms with E-state index in [0.29, 0.717) is 13.2 Å². The van der Waals surface area contributed by atoms with Crippen LogP contribution in [0, 0.1) is 6.92 Å². The number of nitrogens with two attached hydrogens (primary N) is 1. The quantitative estimate of drug-likeness (QED) is 0.713. The molecule has 0 spiro atoms. The Labute approximate surface area is 128 Å². The molecule has 0 aliphatic heterocycles. The summed E-state index contributed by atoms with van der Waals surface area (Å²) in [6, 6.07) is 2.39. The fourth-order valence-corrected chi connectivity index (χ4v) is 2.24. The average molecular weight is 295 g/mol. The Morgan fingerprint density at radius 3 is 2.33 bits per heavy atom. The molecule has 21 heavy (non-hydrogen) atoms. The minimum Gasteiger partial charge on any atom is -0.383 e. The van der Waals surface area contributed by atoms with E-state index in [1.54, 1.807) is 14.2 Å². The molecule has 1 aromatic rings. The number of aryl methyl sites for hydroxylation is 1. The second-order valence-corrected chi connectivity index (χ2v) is 5.33. The van der Waals surface area contributed by atoms with Crippen molar-refractivity contribution in [3.8, 4) is 0 Å². The average Bonchev–Trinajstić information content (AvgIpc) is 2.48. The number of rotatable bonds is 10. The number of anilines is 1. The van der Waals surface area contributed by atoms with Gasteiger partial charge in [-0.3, -0.25) is 0 Å². The highest BCUT2D eigenvalue weighted by molar-refractivity contribution is 5.47. The Morgan fingerprint density at radius 1 is 1.24 bits per heavy atom. The Hall–Kier alpha value is -1.17. The number of ether oxygens (including phenoxy) is 2. The van der Waals surface area contributed by atoms with Crippen molar-refractivity contribution >= 4 is 5.82 Å². The first-order chi connectivity index (χ1) is 10.1. The van der Waals surface area contributed by atoms with Gasteiger partial charge in [0.2, 0.25) is 0 Å². The maximum Gasteiger partial charge on any atom is 0.131 e. The minimum absolute atomic E-state index is 0.204. The van der Waals surface area contributed by atoms with Crippen LogP contribution in [0.4, 0.5) is 5.82 Å². The van der Waals surface area contributed by atoms with Gasteiger partial charge in [-0.25, -0.2) is 4.98 Å². The van der Waals surface area contributed by atoms with Gasteiger partial charge in [0.15, 0.2) is 0 Å². The van der Waals surface area contributed by atoms with E-state index in [0.717, 1.165) is 31.7 Å². The zero-order chi connectivity index (χ0) is 15.7. The largest absolute Gasteiger partial charge is 0.383 e. The molecule has 0 aliphatic carbocycles. The predicted octanol–water partition coefficient (Wildman–Crippen LogP) is 1.77. The van der Waals surface area contributed by atoms with Crippen LogP contribution in [0.15, 0.2) is 12.3 Å². The summed E-state index contributed by atoms with van der Waals surface area (Å²) < 4.78 is 10.4. The zero-order valence-corrected chi connectivity index (χ0v) is 13.8. The first-order valence-electron chi connectivity index (χ1n) is 7.56. The third-order valence-electron chi connectivity index (χ3n) is 3.56. The highest BCUT2D eigenvalue weighted by Crippen LogP contribution is 2.18. The van der Waals surface area contributed by atoms with E-state index in [2.05, 4.69) is 29.8 Å². The molecule has 0 amide bonds. The highest BCUT2D eigenvalue weighted by Gasteiger charge is 2.12. The van der Waals surface area contributed by atoms with E-state index in [9.17, 15) is 0 Å². The third-order valence-corrected chi connectivity index (χ3v) is 3.56. The molecule has 0 saturated carbocycles. The lowest BCUT2D eigenvalue weighted by Crippen LogP contribution is -2.32. The van der Waals surface area contributed by atoms with Crippen molar-refractivity contribution in [2.45, 2.75) is 32.7 Å². The van der Waals surface area contributed by atoms with Gasteiger partial charge in [-0.05, 0) is 30.9 Å². The summed E-state index contributed by atoms with van der Waals surface area (Å²) in [5, 5.41) is 0. The molecule has 120 valence electrons. The molecule has 0 radical (unpaired) electrons. The van der Waals surface area contributed by atoms with Crippen molar-refractivity contribution in [3.05, 3.63) is 23.4 Å². The van der Waals surface area contributed by atoms with Crippen LogP contribution < -0.4 is 10.6 Å². The lowest BCUT2D eigenvalue weighted by Gasteiger charge is -2.25. The molecular formula is C16H29N3O2. The Bertz CT molecular complexity index is 405. The summed E-state index contributed by atoms with van der Waals surface area (Å²) >= 11 is 0. The molecular weight excluding hydrogens is 266 g/mol. The van der Waals surface area contributed by atoms with E-state index in [-0.39, 0.29) is 6.04 Å². The second-order valence-electron chi connectivity index (χ2n) is 5.33. The Morgan fingerprint density at radius 2 is 1.86 bits per heavy atom. The molecule has 1 heterocycles. The van der Waals surface area contributed by atoms with Crippen LogP contribution in [0.3, 0.4) is 0 Å². The molecule has 1 aromatic heterocycles. The molecule has 0 aliphatic rings. The number of aromatic nitrogens is 1. The van der Waals surface area contributed by atoms with Gasteiger partial charge in [0.1, 0.15) is 5.82 Å². The molecule has 0 aromatic carbocycles. The number of methoxy groups -OCH3 is 2. The molecule has 0 saturated heterocycles. The summed E-state index contributed by atoms with van der Waals surface area (Å²) in [6.45, 7) is 7.16. The standard InChI is InChI=1S/C16H29N3O2/c1-5-15(17)11-14-10-13(2)16(18-12-14)19(6-8-20-3)7-9-21-4/h10,12,15H,5-9,11,17H2,1-4H3. The third kappa shape index (κ3) is 5.99. The van der Waals surface area contributed by atoms with E-state index in [1.165, 1.54) is 11.1 Å². The van der Waals surface area contributed by atoms with Crippen molar-refractivity contribution in [1.82, 2.24) is 4.98 Å². The molecule has 5 nitrogen and oxygen atoms in total. The molecule has 1 atom stereocenters. The van der Waals surface area contributed by atoms with Crippen molar-refractivity contribution in [3.63, 3.8) is 0 Å². The van der Waals surface area contributed by atoms with Crippen LogP contribution in [0.5, 0.6) is 0 Å². The fraction of sp³-hybridized carbons (Fsp3) is 0.688. The number of hydrogen-bond acceptors (Lipinski definition) is 5. The topological polar surface area (TPSA) is 60.6 Å². The maximum absolute atomic E-state index is 6.01. The van der Waals surface area contributed by atoms with E-state index in [1.807, 2.05) is 6.20 Å². The van der Waals surface area contributed by atoms with Crippen molar-refractivity contribution in [2.24, 2.45) is 5.73 Å². The van der Waals surface area contributed by atoms with Crippen molar-refractivity contribution in [2.75, 3.05) is 45.4 Å². The van der Waals surface area contributed by atoms with Gasteiger partial charge in [0.05, 0.1) is 13.2 Å². The lowest BCUT2D eigenvalue weighted by molar-refractivity contribution is 0.190. The molecule has 1 unspecified atom stereocenters. The number of pyridine rings is 1. The lowest BCUT2D eigenvalue weighted by atomic mass is 10.0. The van der Waals surface area contributed by atoms with Crippen LogP contribution in [0.25, 0.3) is 0 Å². The number of nitrogens with zero attached hydrogens (tertiary/aromatic N) is 2. The van der Waals surface area contributed by atoms with Gasteiger partial charge in [-0.1, -0.05) is 13.0 Å². The normalized spacial score (nSPS) is 12.4. The van der Waals surface area contributed by atoms with Crippen LogP contribution in [-0.2, 0) is 15.9 Å². The Balaban J connectivity index is 2.82. The summed E-state index contributed by atoms with van der Waals surface area (Å²) in [5.74, 6) is 0.998. The van der Waals surface area contributed by atoms with Gasteiger partial charge in [0, 0.05) is 39.5 Å². The predicted molar refractivity (Wildman–Crippen MR) is 86.9 cm³/mol. The SMILES string of the molecule is CCC(N)Cc1cnc(N(CCOC)CCOC)c(C)c1. The Kier molecular flexibility index (Phi) is 8.27. The van der Waals surface area contributed by atoms with Crippen LogP contribution in [0.2, 0.25) is 0 Å². The molecule has 0 bridgehead atoms. The van der Waals surface area contributed by atoms with Crippen LogP contribution in [0.1, 0.15) is 24.5 Å². The van der Waals surface area contributed by atoms with E-state index in [4.69, 9.17) is 15.2 Å². The molecule has 5 heteroatoms. The van der Waals surface area contributed by atoms with Gasteiger partial charge in [0.25, 0.3) is 0 Å². The summed E-state index contributed by atoms with van der Waals surface area (Å²) in [6.07, 6.45) is 3.79. The second kappa shape index (κ2) is 9.71. The van der Waals surface area contributed by atoms with Gasteiger partial charge in [-0.15, -0.1) is 0 Å². The van der Waals surface area contributed by atoms with Crippen molar-refractivity contribution < 1.29 is 9.47 Å².